The number of aryl methyl sites for hydroxylation is 1. The van der Waals surface area contributed by atoms with Crippen molar-refractivity contribution >= 4 is 12.0 Å². The predicted molar refractivity (Wildman–Crippen MR) is 81.4 cm³/mol. The lowest BCUT2D eigenvalue weighted by molar-refractivity contribution is 0.0525. The van der Waals surface area contributed by atoms with Crippen molar-refractivity contribution in [2.24, 2.45) is 0 Å². The van der Waals surface area contributed by atoms with Crippen LogP contribution < -0.4 is 10.2 Å². The molecule has 0 radical (unpaired) electrons. The molecule has 1 fully saturated rings. The van der Waals surface area contributed by atoms with Gasteiger partial charge in [0.2, 0.25) is 5.95 Å². The molecular weight excluding hydrogens is 268 g/mol. The number of amides is 1. The summed E-state index contributed by atoms with van der Waals surface area (Å²) in [5, 5.41) is 2.83. The van der Waals surface area contributed by atoms with Crippen LogP contribution in [0.15, 0.2) is 12.4 Å². The fraction of sp³-hybridized carbons (Fsp3) is 0.667. The SMILES string of the molecule is Cc1cnc(N2CCCC2CNC(=O)OC(C)(C)C)nc1. The summed E-state index contributed by atoms with van der Waals surface area (Å²) in [6, 6.07) is 0.222. The van der Waals surface area contributed by atoms with Gasteiger partial charge in [0.15, 0.2) is 0 Å². The zero-order valence-corrected chi connectivity index (χ0v) is 13.2. The van der Waals surface area contributed by atoms with Gasteiger partial charge in [-0.2, -0.15) is 0 Å². The largest absolute Gasteiger partial charge is 0.444 e. The number of alkyl carbamates (subject to hydrolysis) is 1. The summed E-state index contributed by atoms with van der Waals surface area (Å²) in [6.07, 6.45) is 5.36. The summed E-state index contributed by atoms with van der Waals surface area (Å²) in [5.41, 5.74) is 0.570. The number of aromatic nitrogens is 2. The van der Waals surface area contributed by atoms with Crippen LogP contribution in [0, 0.1) is 6.92 Å². The van der Waals surface area contributed by atoms with E-state index in [0.717, 1.165) is 30.9 Å². The maximum Gasteiger partial charge on any atom is 0.407 e. The van der Waals surface area contributed by atoms with Gasteiger partial charge in [-0.1, -0.05) is 0 Å². The smallest absolute Gasteiger partial charge is 0.407 e. The number of hydrogen-bond donors (Lipinski definition) is 1. The molecular formula is C15H24N4O2. The average molecular weight is 292 g/mol. The predicted octanol–water partition coefficient (Wildman–Crippen LogP) is 2.28. The molecule has 2 heterocycles. The fourth-order valence-corrected chi connectivity index (χ4v) is 2.36. The molecule has 6 heteroatoms. The Bertz CT molecular complexity index is 481. The third kappa shape index (κ3) is 4.58. The molecule has 1 atom stereocenters. The highest BCUT2D eigenvalue weighted by Crippen LogP contribution is 2.21. The highest BCUT2D eigenvalue weighted by atomic mass is 16.6. The highest BCUT2D eigenvalue weighted by molar-refractivity contribution is 5.67. The van der Waals surface area contributed by atoms with E-state index < -0.39 is 5.60 Å². The number of anilines is 1. The summed E-state index contributed by atoms with van der Waals surface area (Å²) in [6.45, 7) is 9.00. The van der Waals surface area contributed by atoms with E-state index in [4.69, 9.17) is 4.74 Å². The summed E-state index contributed by atoms with van der Waals surface area (Å²) in [4.78, 5) is 22.6. The van der Waals surface area contributed by atoms with Crippen LogP contribution in [0.2, 0.25) is 0 Å². The van der Waals surface area contributed by atoms with Crippen molar-refractivity contribution in [3.05, 3.63) is 18.0 Å². The number of carbonyl (C=O) groups excluding carboxylic acids is 1. The van der Waals surface area contributed by atoms with Gasteiger partial charge in [-0.3, -0.25) is 0 Å². The number of carbonyl (C=O) groups is 1. The molecule has 1 amide bonds. The molecule has 1 aromatic rings. The first-order valence-electron chi connectivity index (χ1n) is 7.37. The van der Waals surface area contributed by atoms with Crippen LogP contribution in [-0.4, -0.2) is 40.8 Å². The van der Waals surface area contributed by atoms with E-state index >= 15 is 0 Å². The maximum absolute atomic E-state index is 11.7. The second-order valence-electron chi connectivity index (χ2n) is 6.43. The van der Waals surface area contributed by atoms with Crippen LogP contribution in [0.5, 0.6) is 0 Å². The van der Waals surface area contributed by atoms with Gasteiger partial charge in [0.05, 0.1) is 0 Å². The minimum atomic E-state index is -0.473. The quantitative estimate of drug-likeness (QED) is 0.925. The Kier molecular flexibility index (Phi) is 4.65. The van der Waals surface area contributed by atoms with Gasteiger partial charge in [0.1, 0.15) is 5.60 Å². The van der Waals surface area contributed by atoms with E-state index in [-0.39, 0.29) is 12.1 Å². The molecule has 1 saturated heterocycles. The van der Waals surface area contributed by atoms with E-state index in [9.17, 15) is 4.79 Å². The Hall–Kier alpha value is -1.85. The molecule has 1 N–H and O–H groups in total. The summed E-state index contributed by atoms with van der Waals surface area (Å²) in [5.74, 6) is 0.731. The number of ether oxygens (including phenoxy) is 1. The Labute approximate surface area is 125 Å². The van der Waals surface area contributed by atoms with Gasteiger partial charge in [-0.15, -0.1) is 0 Å². The van der Waals surface area contributed by atoms with Crippen LogP contribution in [-0.2, 0) is 4.74 Å². The van der Waals surface area contributed by atoms with Crippen molar-refractivity contribution in [1.29, 1.82) is 0 Å². The fourth-order valence-electron chi connectivity index (χ4n) is 2.36. The normalized spacial score (nSPS) is 18.7. The molecule has 1 unspecified atom stereocenters. The minimum Gasteiger partial charge on any atom is -0.444 e. The lowest BCUT2D eigenvalue weighted by Gasteiger charge is -2.26. The molecule has 1 aliphatic heterocycles. The molecule has 0 aliphatic carbocycles. The first-order chi connectivity index (χ1) is 9.85. The van der Waals surface area contributed by atoms with E-state index in [1.807, 2.05) is 40.1 Å². The zero-order chi connectivity index (χ0) is 15.5. The Morgan fingerprint density at radius 3 is 2.71 bits per heavy atom. The molecule has 2 rings (SSSR count). The lowest BCUT2D eigenvalue weighted by atomic mass is 10.2. The van der Waals surface area contributed by atoms with E-state index in [1.165, 1.54) is 0 Å². The van der Waals surface area contributed by atoms with Crippen molar-refractivity contribution in [3.8, 4) is 0 Å². The van der Waals surface area contributed by atoms with E-state index in [2.05, 4.69) is 20.2 Å². The molecule has 116 valence electrons. The van der Waals surface area contributed by atoms with Crippen molar-refractivity contribution < 1.29 is 9.53 Å². The van der Waals surface area contributed by atoms with Crippen molar-refractivity contribution in [3.63, 3.8) is 0 Å². The van der Waals surface area contributed by atoms with Gasteiger partial charge in [0, 0.05) is 31.5 Å². The number of nitrogens with zero attached hydrogens (tertiary/aromatic N) is 3. The summed E-state index contributed by atoms with van der Waals surface area (Å²) < 4.78 is 5.25. The molecule has 0 bridgehead atoms. The highest BCUT2D eigenvalue weighted by Gasteiger charge is 2.27. The number of rotatable bonds is 3. The molecule has 1 aromatic heterocycles. The van der Waals surface area contributed by atoms with Crippen molar-refractivity contribution in [2.45, 2.75) is 52.2 Å². The van der Waals surface area contributed by atoms with Gasteiger partial charge in [-0.05, 0) is 46.1 Å². The van der Waals surface area contributed by atoms with Gasteiger partial charge < -0.3 is 15.0 Å². The summed E-state index contributed by atoms with van der Waals surface area (Å²) in [7, 11) is 0. The first kappa shape index (κ1) is 15.5. The van der Waals surface area contributed by atoms with Crippen LogP contribution in [0.25, 0.3) is 0 Å². The Balaban J connectivity index is 1.90. The van der Waals surface area contributed by atoms with Crippen LogP contribution >= 0.6 is 0 Å². The van der Waals surface area contributed by atoms with Crippen molar-refractivity contribution in [2.75, 3.05) is 18.0 Å². The van der Waals surface area contributed by atoms with Crippen LogP contribution in [0.3, 0.4) is 0 Å². The van der Waals surface area contributed by atoms with Crippen LogP contribution in [0.1, 0.15) is 39.2 Å². The average Bonchev–Trinajstić information content (AvgIpc) is 2.83. The minimum absolute atomic E-state index is 0.222. The zero-order valence-electron chi connectivity index (χ0n) is 13.2. The first-order valence-corrected chi connectivity index (χ1v) is 7.37. The summed E-state index contributed by atoms with van der Waals surface area (Å²) >= 11 is 0. The third-order valence-corrected chi connectivity index (χ3v) is 3.28. The molecule has 0 spiro atoms. The third-order valence-electron chi connectivity index (χ3n) is 3.28. The van der Waals surface area contributed by atoms with E-state index in [1.54, 1.807) is 0 Å². The molecule has 1 aliphatic rings. The monoisotopic (exact) mass is 292 g/mol. The maximum atomic E-state index is 11.7. The molecule has 21 heavy (non-hydrogen) atoms. The Morgan fingerprint density at radius 2 is 2.10 bits per heavy atom. The van der Waals surface area contributed by atoms with Gasteiger partial charge >= 0.3 is 6.09 Å². The standard InChI is InChI=1S/C15H24N4O2/c1-11-8-16-13(17-9-11)19-7-5-6-12(19)10-18-14(20)21-15(2,3)4/h8-9,12H,5-7,10H2,1-4H3,(H,18,20). The Morgan fingerprint density at radius 1 is 1.43 bits per heavy atom. The molecule has 6 nitrogen and oxygen atoms in total. The number of nitrogens with one attached hydrogen (secondary N) is 1. The van der Waals surface area contributed by atoms with Gasteiger partial charge in [-0.25, -0.2) is 14.8 Å². The van der Waals surface area contributed by atoms with Crippen molar-refractivity contribution in [1.82, 2.24) is 15.3 Å². The lowest BCUT2D eigenvalue weighted by Crippen LogP contribution is -2.42. The van der Waals surface area contributed by atoms with Gasteiger partial charge in [0.25, 0.3) is 0 Å². The topological polar surface area (TPSA) is 67.4 Å². The molecule has 0 aromatic carbocycles. The molecule has 0 saturated carbocycles. The second kappa shape index (κ2) is 6.28. The second-order valence-corrected chi connectivity index (χ2v) is 6.43. The van der Waals surface area contributed by atoms with Crippen LogP contribution in [0.4, 0.5) is 10.7 Å². The number of hydrogen-bond acceptors (Lipinski definition) is 5. The van der Waals surface area contributed by atoms with E-state index in [0.29, 0.717) is 6.54 Å².